The minimum atomic E-state index is -0.494. The summed E-state index contributed by atoms with van der Waals surface area (Å²) in [6.45, 7) is 3.72. The molecule has 1 rings (SSSR count). The van der Waals surface area contributed by atoms with Gasteiger partial charge in [-0.05, 0) is 32.6 Å². The lowest BCUT2D eigenvalue weighted by molar-refractivity contribution is -0.183. The van der Waals surface area contributed by atoms with Crippen LogP contribution in [0.4, 0.5) is 0 Å². The Kier molecular flexibility index (Phi) is 4.54. The molecule has 1 heterocycles. The van der Waals surface area contributed by atoms with Gasteiger partial charge < -0.3 is 14.9 Å². The van der Waals surface area contributed by atoms with Crippen molar-refractivity contribution in [3.63, 3.8) is 0 Å². The summed E-state index contributed by atoms with van der Waals surface area (Å²) in [5.41, 5.74) is 0. The average molecular weight is 216 g/mol. The van der Waals surface area contributed by atoms with E-state index in [-0.39, 0.29) is 18.0 Å². The number of aliphatic hydroxyl groups excluding tert-OH is 2. The molecule has 4 atom stereocenters. The third-order valence-corrected chi connectivity index (χ3v) is 3.00. The highest BCUT2D eigenvalue weighted by Gasteiger charge is 2.38. The first-order valence-corrected chi connectivity index (χ1v) is 5.61. The number of carbonyl (C=O) groups excluding carboxylic acids is 1. The molecular formula is C11H20O4. The topological polar surface area (TPSA) is 66.8 Å². The third kappa shape index (κ3) is 3.47. The fraction of sp³-hybridized carbons (Fsp3) is 0.909. The molecule has 0 saturated carbocycles. The first-order chi connectivity index (χ1) is 7.04. The van der Waals surface area contributed by atoms with Gasteiger partial charge in [-0.15, -0.1) is 0 Å². The van der Waals surface area contributed by atoms with Crippen LogP contribution in [0, 0.1) is 5.92 Å². The van der Waals surface area contributed by atoms with Gasteiger partial charge in [0.2, 0.25) is 0 Å². The van der Waals surface area contributed by atoms with Crippen LogP contribution in [0.5, 0.6) is 0 Å². The molecule has 0 spiro atoms. The van der Waals surface area contributed by atoms with Gasteiger partial charge in [-0.3, -0.25) is 4.79 Å². The highest BCUT2D eigenvalue weighted by atomic mass is 16.6. The maximum absolute atomic E-state index is 10.8. The van der Waals surface area contributed by atoms with Crippen LogP contribution in [0.2, 0.25) is 0 Å². The Hall–Kier alpha value is -0.610. The van der Waals surface area contributed by atoms with Gasteiger partial charge in [0.1, 0.15) is 6.10 Å². The van der Waals surface area contributed by atoms with Crippen molar-refractivity contribution >= 4 is 5.97 Å². The van der Waals surface area contributed by atoms with E-state index in [1.54, 1.807) is 0 Å². The summed E-state index contributed by atoms with van der Waals surface area (Å²) in [5, 5.41) is 18.9. The molecule has 0 bridgehead atoms. The second-order valence-corrected chi connectivity index (χ2v) is 4.29. The summed E-state index contributed by atoms with van der Waals surface area (Å²) in [6, 6.07) is 0. The number of hydrogen-bond donors (Lipinski definition) is 2. The van der Waals surface area contributed by atoms with Crippen LogP contribution in [0.1, 0.15) is 39.5 Å². The lowest BCUT2D eigenvalue weighted by Crippen LogP contribution is -2.43. The largest absolute Gasteiger partial charge is 0.461 e. The van der Waals surface area contributed by atoms with Crippen molar-refractivity contribution in [2.75, 3.05) is 0 Å². The van der Waals surface area contributed by atoms with Crippen molar-refractivity contribution in [1.82, 2.24) is 0 Å². The quantitative estimate of drug-likeness (QED) is 0.646. The lowest BCUT2D eigenvalue weighted by Gasteiger charge is -2.33. The molecule has 0 aromatic rings. The number of cyclic esters (lactones) is 1. The van der Waals surface area contributed by atoms with Crippen LogP contribution in [0.15, 0.2) is 0 Å². The van der Waals surface area contributed by atoms with Gasteiger partial charge in [0, 0.05) is 0 Å². The maximum atomic E-state index is 10.8. The first kappa shape index (κ1) is 12.5. The molecule has 0 radical (unpaired) electrons. The summed E-state index contributed by atoms with van der Waals surface area (Å²) < 4.78 is 4.92. The molecule has 1 aliphatic heterocycles. The minimum absolute atomic E-state index is 0.0340. The normalized spacial score (nSPS) is 29.2. The van der Waals surface area contributed by atoms with E-state index in [2.05, 4.69) is 0 Å². The molecule has 1 saturated heterocycles. The van der Waals surface area contributed by atoms with Gasteiger partial charge in [0.05, 0.1) is 18.1 Å². The van der Waals surface area contributed by atoms with Gasteiger partial charge in [-0.2, -0.15) is 0 Å². The monoisotopic (exact) mass is 216 g/mol. The van der Waals surface area contributed by atoms with E-state index in [1.165, 1.54) is 0 Å². The fourth-order valence-electron chi connectivity index (χ4n) is 1.70. The van der Waals surface area contributed by atoms with Crippen molar-refractivity contribution < 1.29 is 19.7 Å². The summed E-state index contributed by atoms with van der Waals surface area (Å²) in [7, 11) is 0. The summed E-state index contributed by atoms with van der Waals surface area (Å²) in [5.74, 6) is -0.184. The number of hydrogen-bond acceptors (Lipinski definition) is 4. The fourth-order valence-corrected chi connectivity index (χ4v) is 1.70. The molecule has 1 aliphatic rings. The number of aliphatic hydroxyl groups is 2. The molecule has 0 aromatic carbocycles. The molecule has 0 aromatic heterocycles. The van der Waals surface area contributed by atoms with Crippen molar-refractivity contribution in [3.8, 4) is 0 Å². The van der Waals surface area contributed by atoms with E-state index in [9.17, 15) is 15.0 Å². The second kappa shape index (κ2) is 5.47. The molecule has 4 heteroatoms. The maximum Gasteiger partial charge on any atom is 0.312 e. The van der Waals surface area contributed by atoms with E-state index >= 15 is 0 Å². The second-order valence-electron chi connectivity index (χ2n) is 4.29. The summed E-state index contributed by atoms with van der Waals surface area (Å²) in [6.07, 6.45) is 1.38. The third-order valence-electron chi connectivity index (χ3n) is 3.00. The Morgan fingerprint density at radius 1 is 1.40 bits per heavy atom. The number of ether oxygens (including phenoxy) is 1. The molecule has 4 unspecified atom stereocenters. The van der Waals surface area contributed by atoms with E-state index in [0.717, 1.165) is 0 Å². The Morgan fingerprint density at radius 2 is 2.07 bits per heavy atom. The van der Waals surface area contributed by atoms with E-state index in [1.807, 2.05) is 13.8 Å². The molecule has 1 fully saturated rings. The zero-order valence-electron chi connectivity index (χ0n) is 9.35. The van der Waals surface area contributed by atoms with Gasteiger partial charge in [0.25, 0.3) is 0 Å². The Labute approximate surface area is 90.2 Å². The van der Waals surface area contributed by atoms with E-state index in [4.69, 9.17) is 4.74 Å². The van der Waals surface area contributed by atoms with Gasteiger partial charge in [-0.25, -0.2) is 0 Å². The Morgan fingerprint density at radius 3 is 2.53 bits per heavy atom. The van der Waals surface area contributed by atoms with Gasteiger partial charge >= 0.3 is 5.97 Å². The van der Waals surface area contributed by atoms with Crippen LogP contribution in [0.3, 0.4) is 0 Å². The molecule has 88 valence electrons. The van der Waals surface area contributed by atoms with Crippen molar-refractivity contribution in [3.05, 3.63) is 0 Å². The molecule has 2 N–H and O–H groups in total. The lowest BCUT2D eigenvalue weighted by atomic mass is 9.93. The van der Waals surface area contributed by atoms with Crippen LogP contribution in [-0.2, 0) is 9.53 Å². The highest BCUT2D eigenvalue weighted by Crippen LogP contribution is 2.26. The molecule has 0 amide bonds. The molecular weight excluding hydrogens is 196 g/mol. The molecule has 15 heavy (non-hydrogen) atoms. The van der Waals surface area contributed by atoms with E-state index in [0.29, 0.717) is 25.7 Å². The van der Waals surface area contributed by atoms with Crippen LogP contribution in [-0.4, -0.2) is 34.5 Å². The minimum Gasteiger partial charge on any atom is -0.461 e. The Balaban J connectivity index is 2.12. The zero-order chi connectivity index (χ0) is 11.4. The number of esters is 1. The molecule has 0 aliphatic carbocycles. The smallest absolute Gasteiger partial charge is 0.312 e. The predicted molar refractivity (Wildman–Crippen MR) is 55.2 cm³/mol. The van der Waals surface area contributed by atoms with Crippen LogP contribution in [0.25, 0.3) is 0 Å². The molecule has 4 nitrogen and oxygen atoms in total. The first-order valence-electron chi connectivity index (χ1n) is 5.61. The van der Waals surface area contributed by atoms with Gasteiger partial charge in [-0.1, -0.05) is 6.92 Å². The zero-order valence-corrected chi connectivity index (χ0v) is 9.35. The SMILES string of the molecule is CCC(O)CC(O)CCC1OC(=O)C1C. The van der Waals surface area contributed by atoms with Crippen LogP contribution < -0.4 is 0 Å². The predicted octanol–water partition coefficient (Wildman–Crippen LogP) is 0.850. The van der Waals surface area contributed by atoms with Crippen molar-refractivity contribution in [2.24, 2.45) is 5.92 Å². The van der Waals surface area contributed by atoms with Gasteiger partial charge in [0.15, 0.2) is 0 Å². The highest BCUT2D eigenvalue weighted by molar-refractivity contribution is 5.77. The van der Waals surface area contributed by atoms with Crippen molar-refractivity contribution in [1.29, 1.82) is 0 Å². The van der Waals surface area contributed by atoms with Crippen LogP contribution >= 0.6 is 0 Å². The summed E-state index contributed by atoms with van der Waals surface area (Å²) in [4.78, 5) is 10.8. The van der Waals surface area contributed by atoms with Crippen molar-refractivity contribution in [2.45, 2.75) is 57.8 Å². The average Bonchev–Trinajstić information content (AvgIpc) is 2.23. The van der Waals surface area contributed by atoms with E-state index < -0.39 is 12.2 Å². The summed E-state index contributed by atoms with van der Waals surface area (Å²) >= 11 is 0. The number of carbonyl (C=O) groups is 1. The Bertz CT molecular complexity index is 217. The number of rotatable bonds is 6. The standard InChI is InChI=1S/C11H20O4/c1-3-8(12)6-9(13)4-5-10-7(2)11(14)15-10/h7-10,12-13H,3-6H2,1-2H3.